The van der Waals surface area contributed by atoms with E-state index in [2.05, 4.69) is 0 Å². The summed E-state index contributed by atoms with van der Waals surface area (Å²) >= 11 is 0. The van der Waals surface area contributed by atoms with E-state index in [4.69, 9.17) is 9.47 Å². The Bertz CT molecular complexity index is 829. The number of ether oxygens (including phenoxy) is 2. The minimum Gasteiger partial charge on any atom is -0.378 e. The highest BCUT2D eigenvalue weighted by Crippen LogP contribution is 2.44. The predicted octanol–water partition coefficient (Wildman–Crippen LogP) is 2.58. The van der Waals surface area contributed by atoms with Crippen LogP contribution in [0, 0.1) is 19.8 Å². The first-order chi connectivity index (χ1) is 13.4. The lowest BCUT2D eigenvalue weighted by Gasteiger charge is -2.43. The van der Waals surface area contributed by atoms with E-state index in [0.29, 0.717) is 6.54 Å². The zero-order valence-corrected chi connectivity index (χ0v) is 17.5. The zero-order chi connectivity index (χ0) is 20.1. The maximum absolute atomic E-state index is 13.4. The standard InChI is InChI=1S/C22H32N2O4/c1-14-11-18(20(25)23(3)15(14)2)21(26)24-10-9-22(27-4)8-7-17(12-19(22)24)28-13-16-5-6-16/h11,16-17,19H,5-10,12-13H2,1-4H3/t17-,19-,22+/m0/s1. The van der Waals surface area contributed by atoms with Gasteiger partial charge in [-0.25, -0.2) is 0 Å². The van der Waals surface area contributed by atoms with Crippen LogP contribution in [0.1, 0.15) is 60.1 Å². The van der Waals surface area contributed by atoms with E-state index in [-0.39, 0.29) is 34.8 Å². The molecule has 2 saturated carbocycles. The van der Waals surface area contributed by atoms with Crippen LogP contribution in [-0.2, 0) is 16.5 Å². The van der Waals surface area contributed by atoms with Gasteiger partial charge in [-0.05, 0) is 69.9 Å². The maximum Gasteiger partial charge on any atom is 0.263 e. The molecule has 0 aromatic carbocycles. The molecule has 6 nitrogen and oxygen atoms in total. The number of hydrogen-bond acceptors (Lipinski definition) is 4. The van der Waals surface area contributed by atoms with Crippen molar-refractivity contribution in [3.63, 3.8) is 0 Å². The van der Waals surface area contributed by atoms with E-state index in [0.717, 1.165) is 49.5 Å². The second-order valence-corrected chi connectivity index (χ2v) is 8.90. The van der Waals surface area contributed by atoms with E-state index in [1.54, 1.807) is 24.8 Å². The molecule has 2 heterocycles. The van der Waals surface area contributed by atoms with Crippen molar-refractivity contribution < 1.29 is 14.3 Å². The highest BCUT2D eigenvalue weighted by molar-refractivity contribution is 5.94. The highest BCUT2D eigenvalue weighted by atomic mass is 16.5. The lowest BCUT2D eigenvalue weighted by Crippen LogP contribution is -2.53. The Morgan fingerprint density at radius 1 is 1.25 bits per heavy atom. The average Bonchev–Trinajstić information content (AvgIpc) is 3.46. The summed E-state index contributed by atoms with van der Waals surface area (Å²) in [7, 11) is 3.48. The number of fused-ring (bicyclic) bond motifs is 1. The molecule has 0 radical (unpaired) electrons. The summed E-state index contributed by atoms with van der Waals surface area (Å²) in [6, 6.07) is 1.71. The van der Waals surface area contributed by atoms with Crippen LogP contribution >= 0.6 is 0 Å². The molecule has 3 fully saturated rings. The molecule has 154 valence electrons. The molecule has 2 aliphatic carbocycles. The Balaban J connectivity index is 1.58. The summed E-state index contributed by atoms with van der Waals surface area (Å²) < 4.78 is 13.7. The summed E-state index contributed by atoms with van der Waals surface area (Å²) in [4.78, 5) is 28.0. The summed E-state index contributed by atoms with van der Waals surface area (Å²) in [5.74, 6) is 0.560. The molecule has 0 unspecified atom stereocenters. The Hall–Kier alpha value is -1.66. The molecule has 0 bridgehead atoms. The molecule has 4 rings (SSSR count). The molecule has 0 N–H and O–H groups in total. The van der Waals surface area contributed by atoms with Gasteiger partial charge in [0.15, 0.2) is 0 Å². The molecule has 1 aromatic heterocycles. The third-order valence-electron chi connectivity index (χ3n) is 7.27. The molecule has 1 amide bonds. The van der Waals surface area contributed by atoms with Crippen LogP contribution in [0.25, 0.3) is 0 Å². The molecule has 0 spiro atoms. The van der Waals surface area contributed by atoms with E-state index in [1.165, 1.54) is 12.8 Å². The van der Waals surface area contributed by atoms with Crippen LogP contribution in [0.3, 0.4) is 0 Å². The number of methoxy groups -OCH3 is 1. The Kier molecular flexibility index (Phi) is 5.12. The van der Waals surface area contributed by atoms with Crippen molar-refractivity contribution in [3.05, 3.63) is 33.2 Å². The molecule has 1 aliphatic heterocycles. The average molecular weight is 389 g/mol. The fraction of sp³-hybridized carbons (Fsp3) is 0.727. The lowest BCUT2D eigenvalue weighted by molar-refractivity contribution is -0.0977. The Labute approximate surface area is 166 Å². The molecule has 3 aliphatic rings. The summed E-state index contributed by atoms with van der Waals surface area (Å²) in [5, 5.41) is 0. The molecule has 3 atom stereocenters. The van der Waals surface area contributed by atoms with Crippen molar-refractivity contribution in [1.82, 2.24) is 9.47 Å². The van der Waals surface area contributed by atoms with Crippen molar-refractivity contribution in [3.8, 4) is 0 Å². The van der Waals surface area contributed by atoms with Gasteiger partial charge in [0.2, 0.25) is 0 Å². The van der Waals surface area contributed by atoms with Crippen LogP contribution in [0.4, 0.5) is 0 Å². The van der Waals surface area contributed by atoms with Crippen molar-refractivity contribution >= 4 is 5.91 Å². The van der Waals surface area contributed by atoms with E-state index >= 15 is 0 Å². The molecule has 28 heavy (non-hydrogen) atoms. The third kappa shape index (κ3) is 3.30. The van der Waals surface area contributed by atoms with Crippen molar-refractivity contribution in [1.29, 1.82) is 0 Å². The minimum absolute atomic E-state index is 0.0331. The first kappa shape index (κ1) is 19.6. The van der Waals surface area contributed by atoms with Crippen molar-refractivity contribution in [2.24, 2.45) is 13.0 Å². The Morgan fingerprint density at radius 3 is 2.68 bits per heavy atom. The van der Waals surface area contributed by atoms with Crippen LogP contribution in [0.15, 0.2) is 10.9 Å². The highest BCUT2D eigenvalue weighted by Gasteiger charge is 2.53. The molecular weight excluding hydrogens is 356 g/mol. The number of carbonyl (C=O) groups is 1. The van der Waals surface area contributed by atoms with Gasteiger partial charge in [0.25, 0.3) is 11.5 Å². The minimum atomic E-state index is -0.305. The van der Waals surface area contributed by atoms with Crippen LogP contribution in [0.2, 0.25) is 0 Å². The number of aromatic nitrogens is 1. The predicted molar refractivity (Wildman–Crippen MR) is 107 cm³/mol. The first-order valence-corrected chi connectivity index (χ1v) is 10.5. The first-order valence-electron chi connectivity index (χ1n) is 10.5. The fourth-order valence-electron chi connectivity index (χ4n) is 4.90. The smallest absolute Gasteiger partial charge is 0.263 e. The van der Waals surface area contributed by atoms with Crippen molar-refractivity contribution in [2.45, 2.75) is 70.1 Å². The number of carbonyl (C=O) groups excluding carboxylic acids is 1. The summed E-state index contributed by atoms with van der Waals surface area (Å²) in [5.41, 5.74) is 1.58. The van der Waals surface area contributed by atoms with Gasteiger partial charge in [-0.15, -0.1) is 0 Å². The molecule has 6 heteroatoms. The quantitative estimate of drug-likeness (QED) is 0.778. The van der Waals surface area contributed by atoms with Gasteiger partial charge in [-0.2, -0.15) is 0 Å². The second-order valence-electron chi connectivity index (χ2n) is 8.90. The third-order valence-corrected chi connectivity index (χ3v) is 7.27. The monoisotopic (exact) mass is 388 g/mol. The number of nitrogens with zero attached hydrogens (tertiary/aromatic N) is 2. The molecule has 1 saturated heterocycles. The molecule has 1 aromatic rings. The SMILES string of the molecule is CO[C@@]12CC[C@H](OCC3CC3)C[C@@H]1N(C(=O)c1cc(C)c(C)n(C)c1=O)CC2. The van der Waals surface area contributed by atoms with Gasteiger partial charge in [0.05, 0.1) is 17.7 Å². The Morgan fingerprint density at radius 2 is 2.00 bits per heavy atom. The number of amides is 1. The largest absolute Gasteiger partial charge is 0.378 e. The van der Waals surface area contributed by atoms with Gasteiger partial charge in [0.1, 0.15) is 5.56 Å². The number of aryl methyl sites for hydroxylation is 1. The lowest BCUT2D eigenvalue weighted by atomic mass is 9.79. The maximum atomic E-state index is 13.4. The second kappa shape index (κ2) is 7.30. The molecular formula is C22H32N2O4. The van der Waals surface area contributed by atoms with Gasteiger partial charge in [-0.1, -0.05) is 0 Å². The van der Waals surface area contributed by atoms with E-state index in [9.17, 15) is 9.59 Å². The van der Waals surface area contributed by atoms with Crippen LogP contribution < -0.4 is 5.56 Å². The van der Waals surface area contributed by atoms with Crippen LogP contribution in [0.5, 0.6) is 0 Å². The summed E-state index contributed by atoms with van der Waals surface area (Å²) in [6.45, 7) is 5.31. The van der Waals surface area contributed by atoms with Gasteiger partial charge >= 0.3 is 0 Å². The normalized spacial score (nSPS) is 29.8. The zero-order valence-electron chi connectivity index (χ0n) is 17.5. The van der Waals surface area contributed by atoms with E-state index in [1.807, 2.05) is 18.7 Å². The van der Waals surface area contributed by atoms with Crippen molar-refractivity contribution in [2.75, 3.05) is 20.3 Å². The fourth-order valence-corrected chi connectivity index (χ4v) is 4.90. The van der Waals surface area contributed by atoms with Gasteiger partial charge in [-0.3, -0.25) is 9.59 Å². The summed E-state index contributed by atoms with van der Waals surface area (Å²) in [6.07, 6.45) is 6.21. The number of rotatable bonds is 5. The van der Waals surface area contributed by atoms with Gasteiger partial charge in [0, 0.05) is 33.0 Å². The number of pyridine rings is 1. The van der Waals surface area contributed by atoms with Gasteiger partial charge < -0.3 is 18.9 Å². The van der Waals surface area contributed by atoms with Crippen LogP contribution in [-0.4, -0.2) is 53.4 Å². The number of likely N-dealkylation sites (tertiary alicyclic amines) is 1. The number of hydrogen-bond donors (Lipinski definition) is 0. The van der Waals surface area contributed by atoms with E-state index < -0.39 is 0 Å². The topological polar surface area (TPSA) is 60.8 Å².